The molecule has 0 atom stereocenters. The van der Waals surface area contributed by atoms with Gasteiger partial charge in [-0.25, -0.2) is 4.98 Å². The van der Waals surface area contributed by atoms with Crippen molar-refractivity contribution in [2.45, 2.75) is 19.6 Å². The summed E-state index contributed by atoms with van der Waals surface area (Å²) in [4.78, 5) is 33.0. The predicted octanol–water partition coefficient (Wildman–Crippen LogP) is 3.42. The van der Waals surface area contributed by atoms with Gasteiger partial charge in [0.05, 0.1) is 40.3 Å². The Morgan fingerprint density at radius 2 is 1.94 bits per heavy atom. The lowest BCUT2D eigenvalue weighted by Crippen LogP contribution is -2.19. The van der Waals surface area contributed by atoms with E-state index in [1.165, 1.54) is 25.3 Å². The highest BCUT2D eigenvalue weighted by atomic mass is 19.4. The number of primary amides is 1. The Morgan fingerprint density at radius 1 is 1.20 bits per heavy atom. The second-order valence-electron chi connectivity index (χ2n) is 7.46. The summed E-state index contributed by atoms with van der Waals surface area (Å²) in [6.45, 7) is 1.13. The van der Waals surface area contributed by atoms with Gasteiger partial charge in [-0.15, -0.1) is 0 Å². The fourth-order valence-corrected chi connectivity index (χ4v) is 3.53. The maximum atomic E-state index is 13.8. The molecule has 0 unspecified atom stereocenters. The summed E-state index contributed by atoms with van der Waals surface area (Å²) in [6, 6.07) is 12.4. The third-order valence-electron chi connectivity index (χ3n) is 5.24. The first-order valence-electron chi connectivity index (χ1n) is 10.1. The SMILES string of the molecule is Cc1c(NC(=O)c2cc(C(N)=O)nc3ccccc23)c(C(F)(F)F)nn1Cc1ncccc1C#N. The molecule has 9 nitrogen and oxygen atoms in total. The van der Waals surface area contributed by atoms with E-state index in [2.05, 4.69) is 20.4 Å². The number of nitriles is 1. The molecule has 2 amide bonds. The number of hydrogen-bond donors (Lipinski definition) is 2. The van der Waals surface area contributed by atoms with Crippen molar-refractivity contribution in [2.75, 3.05) is 5.32 Å². The molecule has 0 spiro atoms. The van der Waals surface area contributed by atoms with Gasteiger partial charge >= 0.3 is 6.18 Å². The first-order valence-corrected chi connectivity index (χ1v) is 10.1. The smallest absolute Gasteiger partial charge is 0.364 e. The topological polar surface area (TPSA) is 140 Å². The van der Waals surface area contributed by atoms with Gasteiger partial charge in [-0.1, -0.05) is 18.2 Å². The molecule has 4 aromatic rings. The van der Waals surface area contributed by atoms with E-state index in [0.29, 0.717) is 5.39 Å². The Morgan fingerprint density at radius 3 is 2.63 bits per heavy atom. The molecule has 12 heteroatoms. The van der Waals surface area contributed by atoms with Crippen molar-refractivity contribution in [3.8, 4) is 6.07 Å². The number of carbonyl (C=O) groups excluding carboxylic acids is 2. The highest BCUT2D eigenvalue weighted by Gasteiger charge is 2.39. The summed E-state index contributed by atoms with van der Waals surface area (Å²) in [6.07, 6.45) is -3.48. The van der Waals surface area contributed by atoms with E-state index < -0.39 is 29.4 Å². The van der Waals surface area contributed by atoms with Crippen molar-refractivity contribution in [3.63, 3.8) is 0 Å². The number of halogens is 3. The molecule has 0 aliphatic carbocycles. The molecule has 0 bridgehead atoms. The van der Waals surface area contributed by atoms with E-state index in [0.717, 1.165) is 10.7 Å². The Labute approximate surface area is 196 Å². The summed E-state index contributed by atoms with van der Waals surface area (Å²) < 4.78 is 42.5. The van der Waals surface area contributed by atoms with E-state index in [1.807, 2.05) is 6.07 Å². The standard InChI is InChI=1S/C23H16F3N7O2/c1-12-19(20(23(24,25)26)32-33(12)11-18-13(10-27)5-4-8-29-18)31-22(35)15-9-17(21(28)34)30-16-7-3-2-6-14(15)16/h2-9H,11H2,1H3,(H2,28,34)(H,31,35). The van der Waals surface area contributed by atoms with Crippen molar-refractivity contribution in [2.24, 2.45) is 5.73 Å². The second-order valence-corrected chi connectivity index (χ2v) is 7.46. The van der Waals surface area contributed by atoms with Gasteiger partial charge in [0.25, 0.3) is 11.8 Å². The van der Waals surface area contributed by atoms with Crippen LogP contribution in [0.2, 0.25) is 0 Å². The zero-order valence-electron chi connectivity index (χ0n) is 18.1. The van der Waals surface area contributed by atoms with Crippen LogP contribution in [0.3, 0.4) is 0 Å². The first-order chi connectivity index (χ1) is 16.6. The number of nitrogens with two attached hydrogens (primary N) is 1. The summed E-state index contributed by atoms with van der Waals surface area (Å²) in [7, 11) is 0. The molecule has 0 aliphatic heterocycles. The number of para-hydroxylation sites is 1. The number of amides is 2. The molecule has 35 heavy (non-hydrogen) atoms. The quantitative estimate of drug-likeness (QED) is 0.450. The predicted molar refractivity (Wildman–Crippen MR) is 118 cm³/mol. The third-order valence-corrected chi connectivity index (χ3v) is 5.24. The number of fused-ring (bicyclic) bond motifs is 1. The maximum absolute atomic E-state index is 13.8. The number of aromatic nitrogens is 4. The summed E-state index contributed by atoms with van der Waals surface area (Å²) in [5, 5.41) is 15.5. The van der Waals surface area contributed by atoms with Gasteiger partial charge < -0.3 is 11.1 Å². The fourth-order valence-electron chi connectivity index (χ4n) is 3.53. The number of nitrogens with one attached hydrogen (secondary N) is 1. The van der Waals surface area contributed by atoms with Crippen LogP contribution >= 0.6 is 0 Å². The van der Waals surface area contributed by atoms with E-state index >= 15 is 0 Å². The van der Waals surface area contributed by atoms with Crippen LogP contribution < -0.4 is 11.1 Å². The van der Waals surface area contributed by atoms with Gasteiger partial charge in [-0.05, 0) is 31.2 Å². The van der Waals surface area contributed by atoms with Gasteiger partial charge in [-0.3, -0.25) is 19.3 Å². The number of pyridine rings is 2. The van der Waals surface area contributed by atoms with Crippen molar-refractivity contribution in [1.82, 2.24) is 19.7 Å². The summed E-state index contributed by atoms with van der Waals surface area (Å²) in [5.74, 6) is -1.80. The molecule has 3 N–H and O–H groups in total. The molecule has 0 saturated carbocycles. The Kier molecular flexibility index (Phi) is 5.92. The number of benzene rings is 1. The van der Waals surface area contributed by atoms with Crippen LogP contribution in [0.15, 0.2) is 48.7 Å². The van der Waals surface area contributed by atoms with E-state index in [-0.39, 0.29) is 40.3 Å². The van der Waals surface area contributed by atoms with Crippen molar-refractivity contribution in [3.05, 3.63) is 82.6 Å². The van der Waals surface area contributed by atoms with Crippen molar-refractivity contribution < 1.29 is 22.8 Å². The third kappa shape index (κ3) is 4.51. The van der Waals surface area contributed by atoms with E-state index in [9.17, 15) is 28.0 Å². The zero-order chi connectivity index (χ0) is 25.3. The molecule has 0 fully saturated rings. The lowest BCUT2D eigenvalue weighted by Gasteiger charge is -2.11. The Balaban J connectivity index is 1.79. The van der Waals surface area contributed by atoms with Gasteiger partial charge in [0, 0.05) is 11.6 Å². The lowest BCUT2D eigenvalue weighted by atomic mass is 10.1. The highest BCUT2D eigenvalue weighted by molar-refractivity contribution is 6.14. The van der Waals surface area contributed by atoms with Gasteiger partial charge in [0.15, 0.2) is 5.69 Å². The van der Waals surface area contributed by atoms with E-state index in [1.54, 1.807) is 24.3 Å². The number of alkyl halides is 3. The first kappa shape index (κ1) is 23.4. The van der Waals surface area contributed by atoms with Crippen LogP contribution in [0.1, 0.15) is 43.5 Å². The largest absolute Gasteiger partial charge is 0.437 e. The highest BCUT2D eigenvalue weighted by Crippen LogP contribution is 2.36. The Bertz CT molecular complexity index is 1520. The van der Waals surface area contributed by atoms with Gasteiger partial charge in [-0.2, -0.15) is 23.5 Å². The van der Waals surface area contributed by atoms with Gasteiger partial charge in [0.1, 0.15) is 11.8 Å². The van der Waals surface area contributed by atoms with E-state index in [4.69, 9.17) is 5.73 Å². The number of anilines is 1. The molecule has 1 aromatic carbocycles. The average Bonchev–Trinajstić information content (AvgIpc) is 3.14. The fraction of sp³-hybridized carbons (Fsp3) is 0.130. The maximum Gasteiger partial charge on any atom is 0.437 e. The van der Waals surface area contributed by atoms with Crippen molar-refractivity contribution in [1.29, 1.82) is 5.26 Å². The number of hydrogen-bond acceptors (Lipinski definition) is 6. The molecule has 4 rings (SSSR count). The normalized spacial score (nSPS) is 11.3. The molecule has 0 saturated heterocycles. The minimum absolute atomic E-state index is 0.00583. The average molecular weight is 479 g/mol. The van der Waals surface area contributed by atoms with Crippen LogP contribution in [-0.2, 0) is 12.7 Å². The zero-order valence-corrected chi connectivity index (χ0v) is 18.1. The molecule has 3 aromatic heterocycles. The number of rotatable bonds is 5. The monoisotopic (exact) mass is 479 g/mol. The van der Waals surface area contributed by atoms with Crippen LogP contribution in [0.4, 0.5) is 18.9 Å². The van der Waals surface area contributed by atoms with Crippen LogP contribution in [-0.4, -0.2) is 31.6 Å². The molecule has 176 valence electrons. The number of nitrogens with zero attached hydrogens (tertiary/aromatic N) is 5. The molecular formula is C23H16F3N7O2. The molecule has 0 radical (unpaired) electrons. The minimum Gasteiger partial charge on any atom is -0.364 e. The minimum atomic E-state index is -4.89. The van der Waals surface area contributed by atoms with Crippen molar-refractivity contribution >= 4 is 28.4 Å². The summed E-state index contributed by atoms with van der Waals surface area (Å²) in [5.41, 5.74) is 3.82. The molecule has 3 heterocycles. The number of carbonyl (C=O) groups is 2. The van der Waals surface area contributed by atoms with Crippen LogP contribution in [0.25, 0.3) is 10.9 Å². The lowest BCUT2D eigenvalue weighted by molar-refractivity contribution is -0.140. The summed E-state index contributed by atoms with van der Waals surface area (Å²) >= 11 is 0. The van der Waals surface area contributed by atoms with Crippen LogP contribution in [0, 0.1) is 18.3 Å². The van der Waals surface area contributed by atoms with Gasteiger partial charge in [0.2, 0.25) is 0 Å². The Hall–Kier alpha value is -4.79. The molecule has 0 aliphatic rings. The second kappa shape index (κ2) is 8.86. The van der Waals surface area contributed by atoms with Crippen LogP contribution in [0.5, 0.6) is 0 Å². The molecular weight excluding hydrogens is 463 g/mol.